The van der Waals surface area contributed by atoms with E-state index in [-0.39, 0.29) is 24.8 Å². The molecule has 0 saturated carbocycles. The van der Waals surface area contributed by atoms with Gasteiger partial charge in [-0.1, -0.05) is 5.16 Å². The Kier molecular flexibility index (Phi) is 5.30. The van der Waals surface area contributed by atoms with E-state index >= 15 is 0 Å². The van der Waals surface area contributed by atoms with Crippen LogP contribution in [-0.4, -0.2) is 28.1 Å². The largest absolute Gasteiger partial charge is 0.497 e. The van der Waals surface area contributed by atoms with Crippen LogP contribution >= 0.6 is 0 Å². The standard InChI is InChI=1S/C16H14N4O7/c1-24-10-2-4-11(5-3-10)25-9-13-18-14(27-19-13)8-17-16(21)12-6-7-15(26-12)20(22)23/h2-7H,8-9H2,1H3,(H,17,21). The number of furan rings is 1. The lowest BCUT2D eigenvalue weighted by Gasteiger charge is -2.04. The molecular formula is C16H14N4O7. The van der Waals surface area contributed by atoms with Crippen molar-refractivity contribution in [3.8, 4) is 11.5 Å². The van der Waals surface area contributed by atoms with Crippen LogP contribution in [0.2, 0.25) is 0 Å². The van der Waals surface area contributed by atoms with Gasteiger partial charge in [0, 0.05) is 0 Å². The Balaban J connectivity index is 1.49. The number of ether oxygens (including phenoxy) is 2. The van der Waals surface area contributed by atoms with Crippen molar-refractivity contribution < 1.29 is 28.1 Å². The number of aromatic nitrogens is 2. The molecule has 0 aliphatic heterocycles. The van der Waals surface area contributed by atoms with E-state index < -0.39 is 16.7 Å². The number of nitrogens with one attached hydrogen (secondary N) is 1. The lowest BCUT2D eigenvalue weighted by atomic mass is 10.3. The van der Waals surface area contributed by atoms with Gasteiger partial charge in [-0.25, -0.2) is 0 Å². The first-order valence-electron chi connectivity index (χ1n) is 7.66. The number of hydrogen-bond donors (Lipinski definition) is 1. The quantitative estimate of drug-likeness (QED) is 0.463. The third kappa shape index (κ3) is 4.60. The summed E-state index contributed by atoms with van der Waals surface area (Å²) in [7, 11) is 1.57. The van der Waals surface area contributed by atoms with E-state index in [1.807, 2.05) is 0 Å². The molecule has 11 heteroatoms. The summed E-state index contributed by atoms with van der Waals surface area (Å²) in [4.78, 5) is 25.8. The molecule has 0 fully saturated rings. The molecule has 1 aromatic carbocycles. The summed E-state index contributed by atoms with van der Waals surface area (Å²) in [5.74, 6) is 0.413. The first-order chi connectivity index (χ1) is 13.0. The highest BCUT2D eigenvalue weighted by molar-refractivity contribution is 5.91. The Labute approximate surface area is 152 Å². The Morgan fingerprint density at radius 1 is 1.22 bits per heavy atom. The molecule has 0 radical (unpaired) electrons. The minimum absolute atomic E-state index is 0.0666. The van der Waals surface area contributed by atoms with Gasteiger partial charge in [-0.15, -0.1) is 0 Å². The van der Waals surface area contributed by atoms with Crippen LogP contribution in [0, 0.1) is 10.1 Å². The average Bonchev–Trinajstić information content (AvgIpc) is 3.34. The molecule has 0 atom stereocenters. The molecule has 0 spiro atoms. The third-order valence-electron chi connectivity index (χ3n) is 3.33. The number of carbonyl (C=O) groups is 1. The van der Waals surface area contributed by atoms with E-state index in [1.54, 1.807) is 31.4 Å². The summed E-state index contributed by atoms with van der Waals surface area (Å²) in [5.41, 5.74) is 0. The molecule has 2 heterocycles. The second-order valence-electron chi connectivity index (χ2n) is 5.15. The summed E-state index contributed by atoms with van der Waals surface area (Å²) in [5, 5.41) is 16.7. The zero-order valence-electron chi connectivity index (χ0n) is 14.1. The first kappa shape index (κ1) is 17.9. The van der Waals surface area contributed by atoms with Crippen LogP contribution in [0.5, 0.6) is 11.5 Å². The van der Waals surface area contributed by atoms with Gasteiger partial charge in [-0.3, -0.25) is 14.9 Å². The Bertz CT molecular complexity index is 932. The number of amides is 1. The molecular weight excluding hydrogens is 360 g/mol. The van der Waals surface area contributed by atoms with Gasteiger partial charge in [0.05, 0.1) is 19.7 Å². The molecule has 1 N–H and O–H groups in total. The van der Waals surface area contributed by atoms with Crippen molar-refractivity contribution in [1.82, 2.24) is 15.5 Å². The highest BCUT2D eigenvalue weighted by Gasteiger charge is 2.18. The maximum atomic E-state index is 11.9. The second-order valence-corrected chi connectivity index (χ2v) is 5.15. The molecule has 27 heavy (non-hydrogen) atoms. The van der Waals surface area contributed by atoms with E-state index in [0.29, 0.717) is 17.3 Å². The number of nitrogens with zero attached hydrogens (tertiary/aromatic N) is 3. The van der Waals surface area contributed by atoms with E-state index in [1.165, 1.54) is 6.07 Å². The Morgan fingerprint density at radius 2 is 1.96 bits per heavy atom. The van der Waals surface area contributed by atoms with Crippen molar-refractivity contribution in [1.29, 1.82) is 0 Å². The first-order valence-corrected chi connectivity index (χ1v) is 7.66. The van der Waals surface area contributed by atoms with Crippen LogP contribution in [0.4, 0.5) is 5.88 Å². The minimum Gasteiger partial charge on any atom is -0.497 e. The molecule has 0 aliphatic rings. The van der Waals surface area contributed by atoms with Crippen LogP contribution in [0.1, 0.15) is 22.3 Å². The molecule has 140 valence electrons. The summed E-state index contributed by atoms with van der Waals surface area (Å²) in [6, 6.07) is 9.29. The lowest BCUT2D eigenvalue weighted by molar-refractivity contribution is -0.402. The summed E-state index contributed by atoms with van der Waals surface area (Å²) >= 11 is 0. The van der Waals surface area contributed by atoms with Gasteiger partial charge in [0.15, 0.2) is 12.4 Å². The van der Waals surface area contributed by atoms with Gasteiger partial charge < -0.3 is 23.7 Å². The van der Waals surface area contributed by atoms with Gasteiger partial charge >= 0.3 is 5.88 Å². The van der Waals surface area contributed by atoms with Crippen molar-refractivity contribution in [2.75, 3.05) is 7.11 Å². The molecule has 0 bridgehead atoms. The molecule has 2 aromatic heterocycles. The van der Waals surface area contributed by atoms with Crippen LogP contribution in [0.3, 0.4) is 0 Å². The second kappa shape index (κ2) is 7.99. The van der Waals surface area contributed by atoms with Crippen LogP contribution in [0.25, 0.3) is 0 Å². The molecule has 0 saturated heterocycles. The minimum atomic E-state index is -0.732. The normalized spacial score (nSPS) is 10.4. The third-order valence-corrected chi connectivity index (χ3v) is 3.33. The van der Waals surface area contributed by atoms with E-state index in [2.05, 4.69) is 15.5 Å². The highest BCUT2D eigenvalue weighted by Crippen LogP contribution is 2.18. The van der Waals surface area contributed by atoms with Gasteiger partial charge in [-0.05, 0) is 30.3 Å². The highest BCUT2D eigenvalue weighted by atomic mass is 16.6. The molecule has 0 unspecified atom stereocenters. The lowest BCUT2D eigenvalue weighted by Crippen LogP contribution is -2.22. The number of nitro groups is 1. The summed E-state index contributed by atoms with van der Waals surface area (Å²) in [6.45, 7) is 0.0109. The Morgan fingerprint density at radius 3 is 2.63 bits per heavy atom. The van der Waals surface area contributed by atoms with Crippen molar-refractivity contribution >= 4 is 11.8 Å². The molecule has 3 aromatic rings. The van der Waals surface area contributed by atoms with E-state index in [0.717, 1.165) is 6.07 Å². The molecule has 3 rings (SSSR count). The zero-order valence-corrected chi connectivity index (χ0v) is 14.1. The van der Waals surface area contributed by atoms with Crippen LogP contribution < -0.4 is 14.8 Å². The van der Waals surface area contributed by atoms with E-state index in [9.17, 15) is 14.9 Å². The van der Waals surface area contributed by atoms with Gasteiger partial charge in [-0.2, -0.15) is 4.98 Å². The summed E-state index contributed by atoms with van der Waals surface area (Å²) in [6.07, 6.45) is 0. The average molecular weight is 374 g/mol. The van der Waals surface area contributed by atoms with Gasteiger partial charge in [0.2, 0.25) is 11.7 Å². The molecule has 0 aliphatic carbocycles. The van der Waals surface area contributed by atoms with Crippen molar-refractivity contribution in [2.24, 2.45) is 0 Å². The topological polar surface area (TPSA) is 143 Å². The van der Waals surface area contributed by atoms with Crippen molar-refractivity contribution in [2.45, 2.75) is 13.2 Å². The predicted octanol–water partition coefficient (Wildman–Crippen LogP) is 2.09. The van der Waals surface area contributed by atoms with Crippen LogP contribution in [0.15, 0.2) is 45.3 Å². The van der Waals surface area contributed by atoms with Gasteiger partial charge in [0.1, 0.15) is 16.4 Å². The predicted molar refractivity (Wildman–Crippen MR) is 88.2 cm³/mol. The summed E-state index contributed by atoms with van der Waals surface area (Å²) < 4.78 is 20.4. The number of benzene rings is 1. The zero-order chi connectivity index (χ0) is 19.2. The van der Waals surface area contributed by atoms with Crippen molar-refractivity contribution in [3.05, 3.63) is 64.0 Å². The van der Waals surface area contributed by atoms with Crippen LogP contribution in [-0.2, 0) is 13.2 Å². The smallest absolute Gasteiger partial charge is 0.433 e. The maximum absolute atomic E-state index is 11.9. The molecule has 11 nitrogen and oxygen atoms in total. The number of rotatable bonds is 8. The number of methoxy groups -OCH3 is 1. The monoisotopic (exact) mass is 374 g/mol. The SMILES string of the molecule is COc1ccc(OCc2noc(CNC(=O)c3ccc([N+](=O)[O-])o3)n2)cc1. The van der Waals surface area contributed by atoms with E-state index in [4.69, 9.17) is 18.4 Å². The fraction of sp³-hybridized carbons (Fsp3) is 0.188. The maximum Gasteiger partial charge on any atom is 0.433 e. The fourth-order valence-corrected chi connectivity index (χ4v) is 2.03. The van der Waals surface area contributed by atoms with Gasteiger partial charge in [0.25, 0.3) is 5.91 Å². The van der Waals surface area contributed by atoms with Crippen molar-refractivity contribution in [3.63, 3.8) is 0 Å². The fourth-order valence-electron chi connectivity index (χ4n) is 2.03. The number of carbonyl (C=O) groups excluding carboxylic acids is 1. The Hall–Kier alpha value is -3.89. The molecule has 1 amide bonds. The number of hydrogen-bond acceptors (Lipinski definition) is 9.